The first kappa shape index (κ1) is 23.9. The van der Waals surface area contributed by atoms with Gasteiger partial charge in [0.05, 0.1) is 31.5 Å². The van der Waals surface area contributed by atoms with Crippen LogP contribution in [0.4, 0.5) is 4.79 Å². The minimum atomic E-state index is -0.322. The van der Waals surface area contributed by atoms with Gasteiger partial charge in [0.1, 0.15) is 6.61 Å². The van der Waals surface area contributed by atoms with Gasteiger partial charge in [-0.2, -0.15) is 0 Å². The second-order valence-electron chi connectivity index (χ2n) is 10.5. The number of rotatable bonds is 5. The number of hydrogen-bond acceptors (Lipinski definition) is 6. The normalized spacial score (nSPS) is 21.7. The predicted molar refractivity (Wildman–Crippen MR) is 144 cm³/mol. The molecule has 3 aromatic carbocycles. The maximum absolute atomic E-state index is 13.4. The number of ketones is 1. The van der Waals surface area contributed by atoms with Gasteiger partial charge in [0.2, 0.25) is 0 Å². The van der Waals surface area contributed by atoms with Gasteiger partial charge >= 0.3 is 6.09 Å². The van der Waals surface area contributed by atoms with Crippen LogP contribution in [0.5, 0.6) is 0 Å². The minimum absolute atomic E-state index is 0.0106. The number of fused-ring (bicyclic) bond motifs is 5. The van der Waals surface area contributed by atoms with E-state index in [9.17, 15) is 9.59 Å². The van der Waals surface area contributed by atoms with Crippen molar-refractivity contribution >= 4 is 11.9 Å². The van der Waals surface area contributed by atoms with Gasteiger partial charge in [-0.1, -0.05) is 78.0 Å². The van der Waals surface area contributed by atoms with Crippen LogP contribution >= 0.6 is 0 Å². The second-order valence-corrected chi connectivity index (χ2v) is 10.5. The van der Waals surface area contributed by atoms with Gasteiger partial charge in [-0.3, -0.25) is 9.69 Å². The summed E-state index contributed by atoms with van der Waals surface area (Å²) in [6.45, 7) is 1.10. The summed E-state index contributed by atoms with van der Waals surface area (Å²) in [6, 6.07) is 25.5. The molecule has 1 aromatic heterocycles. The number of carbonyl (C=O) groups is 2. The largest absolute Gasteiger partial charge is 0.448 e. The van der Waals surface area contributed by atoms with Crippen LogP contribution in [0.1, 0.15) is 40.2 Å². The maximum Gasteiger partial charge on any atom is 0.410 e. The molecule has 2 bridgehead atoms. The Kier molecular flexibility index (Phi) is 6.01. The van der Waals surface area contributed by atoms with Crippen molar-refractivity contribution in [3.8, 4) is 22.5 Å². The van der Waals surface area contributed by atoms with Crippen LogP contribution in [0.2, 0.25) is 0 Å². The predicted octanol–water partition coefficient (Wildman–Crippen LogP) is 5.95. The molecule has 0 saturated carbocycles. The third-order valence-electron chi connectivity index (χ3n) is 8.33. The molecule has 7 rings (SSSR count). The molecule has 39 heavy (non-hydrogen) atoms. The van der Waals surface area contributed by atoms with Crippen molar-refractivity contribution in [1.29, 1.82) is 0 Å². The van der Waals surface area contributed by atoms with Crippen molar-refractivity contribution in [3.05, 3.63) is 102 Å². The summed E-state index contributed by atoms with van der Waals surface area (Å²) in [4.78, 5) is 28.7. The molecule has 2 atom stereocenters. The lowest BCUT2D eigenvalue weighted by Crippen LogP contribution is -2.60. The van der Waals surface area contributed by atoms with E-state index in [1.165, 1.54) is 22.3 Å². The highest BCUT2D eigenvalue weighted by Crippen LogP contribution is 2.45. The average Bonchev–Trinajstić information content (AvgIpc) is 3.62. The quantitative estimate of drug-likeness (QED) is 0.302. The highest BCUT2D eigenvalue weighted by molar-refractivity contribution is 5.98. The summed E-state index contributed by atoms with van der Waals surface area (Å²) >= 11 is 0. The number of piperidine rings is 1. The molecule has 7 heteroatoms. The third-order valence-corrected chi connectivity index (χ3v) is 8.33. The molecule has 4 aromatic rings. The molecule has 0 spiro atoms. The molecule has 1 aliphatic carbocycles. The Hall–Kier alpha value is -4.23. The molecule has 2 saturated heterocycles. The van der Waals surface area contributed by atoms with E-state index < -0.39 is 0 Å². The molecule has 7 nitrogen and oxygen atoms in total. The number of morpholine rings is 1. The Morgan fingerprint density at radius 3 is 2.10 bits per heavy atom. The summed E-state index contributed by atoms with van der Waals surface area (Å²) in [5.74, 6) is 0.606. The molecule has 3 heterocycles. The van der Waals surface area contributed by atoms with Crippen molar-refractivity contribution in [2.45, 2.75) is 30.8 Å². The van der Waals surface area contributed by atoms with E-state index in [0.717, 1.165) is 5.56 Å². The van der Waals surface area contributed by atoms with Crippen LogP contribution in [0.3, 0.4) is 0 Å². The minimum Gasteiger partial charge on any atom is -0.448 e. The van der Waals surface area contributed by atoms with E-state index in [4.69, 9.17) is 14.0 Å². The van der Waals surface area contributed by atoms with Gasteiger partial charge in [0, 0.05) is 29.0 Å². The van der Waals surface area contributed by atoms with Crippen molar-refractivity contribution in [3.63, 3.8) is 0 Å². The second kappa shape index (κ2) is 9.82. The fourth-order valence-electron chi connectivity index (χ4n) is 6.50. The zero-order chi connectivity index (χ0) is 26.3. The first-order chi connectivity index (χ1) is 19.2. The number of amides is 1. The number of aromatic nitrogens is 1. The monoisotopic (exact) mass is 520 g/mol. The van der Waals surface area contributed by atoms with E-state index in [0.29, 0.717) is 37.4 Å². The van der Waals surface area contributed by atoms with E-state index in [-0.39, 0.29) is 42.4 Å². The summed E-state index contributed by atoms with van der Waals surface area (Å²) < 4.78 is 17.0. The molecular weight excluding hydrogens is 492 g/mol. The first-order valence-electron chi connectivity index (χ1n) is 13.4. The molecule has 2 aliphatic heterocycles. The maximum atomic E-state index is 13.4. The van der Waals surface area contributed by atoms with E-state index >= 15 is 0 Å². The summed E-state index contributed by atoms with van der Waals surface area (Å²) in [5, 5.41) is 3.74. The number of benzene rings is 3. The smallest absolute Gasteiger partial charge is 0.410 e. The van der Waals surface area contributed by atoms with Crippen LogP contribution in [0.15, 0.2) is 89.6 Å². The number of nitrogens with zero attached hydrogens (tertiary/aromatic N) is 2. The molecule has 0 N–H and O–H groups in total. The van der Waals surface area contributed by atoms with Crippen LogP contribution in [-0.2, 0) is 9.47 Å². The van der Waals surface area contributed by atoms with Crippen LogP contribution in [-0.4, -0.2) is 53.8 Å². The highest BCUT2D eigenvalue weighted by Gasteiger charge is 2.45. The van der Waals surface area contributed by atoms with Crippen molar-refractivity contribution in [1.82, 2.24) is 10.1 Å². The van der Waals surface area contributed by atoms with E-state index in [1.54, 1.807) is 12.3 Å². The van der Waals surface area contributed by atoms with Crippen molar-refractivity contribution < 1.29 is 23.6 Å². The van der Waals surface area contributed by atoms with Gasteiger partial charge < -0.3 is 14.0 Å². The Morgan fingerprint density at radius 2 is 1.49 bits per heavy atom. The molecule has 3 aliphatic rings. The van der Waals surface area contributed by atoms with Crippen LogP contribution in [0, 0.1) is 5.92 Å². The number of carbonyl (C=O) groups excluding carboxylic acids is 2. The van der Waals surface area contributed by atoms with Crippen molar-refractivity contribution in [2.24, 2.45) is 5.92 Å². The van der Waals surface area contributed by atoms with E-state index in [1.807, 2.05) is 53.4 Å². The lowest BCUT2D eigenvalue weighted by atomic mass is 9.80. The average molecular weight is 521 g/mol. The van der Waals surface area contributed by atoms with Gasteiger partial charge in [-0.05, 0) is 35.1 Å². The Bertz CT molecular complexity index is 1450. The van der Waals surface area contributed by atoms with Crippen LogP contribution in [0.25, 0.3) is 22.5 Å². The fraction of sp³-hybridized carbons (Fsp3) is 0.281. The first-order valence-corrected chi connectivity index (χ1v) is 13.4. The fourth-order valence-corrected chi connectivity index (χ4v) is 6.50. The van der Waals surface area contributed by atoms with E-state index in [2.05, 4.69) is 29.4 Å². The number of Topliss-reactive ketones (excluding diaryl/α,β-unsaturated/α-hetero) is 1. The zero-order valence-electron chi connectivity index (χ0n) is 21.4. The van der Waals surface area contributed by atoms with Crippen LogP contribution < -0.4 is 0 Å². The third kappa shape index (κ3) is 4.23. The summed E-state index contributed by atoms with van der Waals surface area (Å²) in [5.41, 5.74) is 6.32. The summed E-state index contributed by atoms with van der Waals surface area (Å²) in [6.07, 6.45) is 2.39. The topological polar surface area (TPSA) is 81.9 Å². The Labute approximate surface area is 226 Å². The van der Waals surface area contributed by atoms with Gasteiger partial charge in [-0.25, -0.2) is 4.79 Å². The molecule has 2 fully saturated rings. The van der Waals surface area contributed by atoms with Gasteiger partial charge in [0.25, 0.3) is 0 Å². The lowest BCUT2D eigenvalue weighted by Gasteiger charge is -2.47. The molecule has 1 amide bonds. The number of ether oxygens (including phenoxy) is 2. The number of hydrogen-bond donors (Lipinski definition) is 0. The molecular formula is C32H28N2O5. The standard InChI is InChI=1S/C32H28N2O5/c35-31(21-11-9-20(10-12-21)30-13-14-33-39-30)22-15-23-17-37-18-24(16-22)34(23)32(36)38-19-29-27-7-3-1-5-25(27)26-6-2-4-8-28(26)29/h1-14,22-24,29H,15-19H2. The SMILES string of the molecule is O=C(c1ccc(-c2ccno2)cc1)C1CC2COCC(C1)N2C(=O)OCC1c2ccccc2-c2ccccc21. The molecule has 196 valence electrons. The summed E-state index contributed by atoms with van der Waals surface area (Å²) in [7, 11) is 0. The Balaban J connectivity index is 1.04. The lowest BCUT2D eigenvalue weighted by molar-refractivity contribution is -0.0747. The van der Waals surface area contributed by atoms with Gasteiger partial charge in [0.15, 0.2) is 11.5 Å². The highest BCUT2D eigenvalue weighted by atomic mass is 16.6. The molecule has 2 unspecified atom stereocenters. The van der Waals surface area contributed by atoms with Gasteiger partial charge in [-0.15, -0.1) is 0 Å². The zero-order valence-corrected chi connectivity index (χ0v) is 21.4. The molecule has 0 radical (unpaired) electrons. The van der Waals surface area contributed by atoms with Crippen molar-refractivity contribution in [2.75, 3.05) is 19.8 Å². The Morgan fingerprint density at radius 1 is 0.846 bits per heavy atom.